The number of aryl methyl sites for hydroxylation is 3. The van der Waals surface area contributed by atoms with Crippen molar-refractivity contribution in [3.63, 3.8) is 0 Å². The maximum absolute atomic E-state index is 13.6. The number of thiophene rings is 1. The van der Waals surface area contributed by atoms with Gasteiger partial charge in [0, 0.05) is 21.7 Å². The summed E-state index contributed by atoms with van der Waals surface area (Å²) in [7, 11) is 0. The smallest absolute Gasteiger partial charge is 0.263 e. The number of amides is 1. The molecule has 0 aliphatic rings. The molecule has 2 aromatic carbocycles. The van der Waals surface area contributed by atoms with E-state index >= 15 is 0 Å². The lowest BCUT2D eigenvalue weighted by Gasteiger charge is -2.19. The van der Waals surface area contributed by atoms with Crippen molar-refractivity contribution in [3.8, 4) is 11.1 Å². The first kappa shape index (κ1) is 22.2. The zero-order valence-electron chi connectivity index (χ0n) is 18.4. The standard InChI is InChI=1S/C25H24ClN3O2S/c1-5-21(23(30)28-20-11-17(26)8-7-15(20)3)29-13-27-24-22(25(29)31)19(12-32-24)18-9-6-14(2)10-16(18)4/h6-13,21H,5H2,1-4H3,(H,28,30). The van der Waals surface area contributed by atoms with Gasteiger partial charge in [-0.05, 0) is 56.0 Å². The number of benzene rings is 2. The third kappa shape index (κ3) is 4.08. The Morgan fingerprint density at radius 3 is 2.62 bits per heavy atom. The summed E-state index contributed by atoms with van der Waals surface area (Å²) in [6.07, 6.45) is 1.92. The Morgan fingerprint density at radius 1 is 1.12 bits per heavy atom. The van der Waals surface area contributed by atoms with Gasteiger partial charge in [-0.3, -0.25) is 14.2 Å². The lowest BCUT2D eigenvalue weighted by Crippen LogP contribution is -2.33. The molecular formula is C25H24ClN3O2S. The fourth-order valence-corrected chi connectivity index (χ4v) is 5.00. The number of hydrogen-bond donors (Lipinski definition) is 1. The third-order valence-corrected chi connectivity index (χ3v) is 6.80. The molecule has 1 N–H and O–H groups in total. The van der Waals surface area contributed by atoms with E-state index in [1.807, 2.05) is 51.3 Å². The van der Waals surface area contributed by atoms with E-state index in [0.717, 1.165) is 22.3 Å². The lowest BCUT2D eigenvalue weighted by molar-refractivity contribution is -0.119. The van der Waals surface area contributed by atoms with Crippen molar-refractivity contribution in [3.05, 3.63) is 80.2 Å². The number of hydrogen-bond acceptors (Lipinski definition) is 4. The maximum atomic E-state index is 13.6. The number of nitrogens with zero attached hydrogens (tertiary/aromatic N) is 2. The molecule has 32 heavy (non-hydrogen) atoms. The molecule has 0 aliphatic carbocycles. The van der Waals surface area contributed by atoms with Crippen molar-refractivity contribution in [2.45, 2.75) is 40.2 Å². The Kier molecular flexibility index (Phi) is 6.17. The van der Waals surface area contributed by atoms with Crippen LogP contribution in [0.2, 0.25) is 5.02 Å². The number of carbonyl (C=O) groups excluding carboxylic acids is 1. The highest BCUT2D eigenvalue weighted by molar-refractivity contribution is 7.17. The molecule has 1 unspecified atom stereocenters. The Labute approximate surface area is 195 Å². The molecule has 164 valence electrons. The van der Waals surface area contributed by atoms with Crippen molar-refractivity contribution in [1.82, 2.24) is 9.55 Å². The fourth-order valence-electron chi connectivity index (χ4n) is 3.93. The number of carbonyl (C=O) groups is 1. The van der Waals surface area contributed by atoms with Crippen LogP contribution in [0.25, 0.3) is 21.3 Å². The Morgan fingerprint density at radius 2 is 1.91 bits per heavy atom. The third-order valence-electron chi connectivity index (χ3n) is 5.67. The van der Waals surface area contributed by atoms with Gasteiger partial charge in [-0.15, -0.1) is 11.3 Å². The minimum Gasteiger partial charge on any atom is -0.324 e. The topological polar surface area (TPSA) is 64.0 Å². The quantitative estimate of drug-likeness (QED) is 0.376. The van der Waals surface area contributed by atoms with Crippen LogP contribution in [0.15, 0.2) is 52.9 Å². The molecule has 0 saturated carbocycles. The van der Waals surface area contributed by atoms with Crippen LogP contribution in [-0.4, -0.2) is 15.5 Å². The van der Waals surface area contributed by atoms with Crippen LogP contribution in [0, 0.1) is 20.8 Å². The second-order valence-electron chi connectivity index (χ2n) is 7.98. The summed E-state index contributed by atoms with van der Waals surface area (Å²) in [5, 5.41) is 5.98. The largest absolute Gasteiger partial charge is 0.324 e. The monoisotopic (exact) mass is 465 g/mol. The lowest BCUT2D eigenvalue weighted by atomic mass is 9.99. The highest BCUT2D eigenvalue weighted by Crippen LogP contribution is 2.33. The van der Waals surface area contributed by atoms with Crippen molar-refractivity contribution in [2.75, 3.05) is 5.32 Å². The number of anilines is 1. The van der Waals surface area contributed by atoms with Crippen LogP contribution in [0.1, 0.15) is 36.1 Å². The molecule has 0 aliphatic heterocycles. The Hall–Kier alpha value is -2.96. The molecule has 1 atom stereocenters. The first-order valence-electron chi connectivity index (χ1n) is 10.4. The minimum absolute atomic E-state index is 0.212. The molecule has 2 aromatic heterocycles. The van der Waals surface area contributed by atoms with Gasteiger partial charge in [-0.25, -0.2) is 4.98 Å². The number of halogens is 1. The van der Waals surface area contributed by atoms with E-state index in [9.17, 15) is 9.59 Å². The van der Waals surface area contributed by atoms with E-state index in [2.05, 4.69) is 16.4 Å². The van der Waals surface area contributed by atoms with Crippen molar-refractivity contribution < 1.29 is 4.79 Å². The average Bonchev–Trinajstić information content (AvgIpc) is 3.17. The van der Waals surface area contributed by atoms with Gasteiger partial charge in [0.2, 0.25) is 5.91 Å². The SMILES string of the molecule is CCC(C(=O)Nc1cc(Cl)ccc1C)n1cnc2scc(-c3ccc(C)cc3C)c2c1=O. The molecule has 7 heteroatoms. The summed E-state index contributed by atoms with van der Waals surface area (Å²) < 4.78 is 1.44. The highest BCUT2D eigenvalue weighted by Gasteiger charge is 2.23. The van der Waals surface area contributed by atoms with Gasteiger partial charge in [0.05, 0.1) is 11.7 Å². The van der Waals surface area contributed by atoms with E-state index in [-0.39, 0.29) is 11.5 Å². The molecule has 1 amide bonds. The van der Waals surface area contributed by atoms with Gasteiger partial charge < -0.3 is 5.32 Å². The van der Waals surface area contributed by atoms with Gasteiger partial charge in [0.25, 0.3) is 5.56 Å². The highest BCUT2D eigenvalue weighted by atomic mass is 35.5. The summed E-state index contributed by atoms with van der Waals surface area (Å²) >= 11 is 7.53. The number of nitrogens with one attached hydrogen (secondary N) is 1. The van der Waals surface area contributed by atoms with E-state index in [1.54, 1.807) is 12.1 Å². The first-order chi connectivity index (χ1) is 15.3. The van der Waals surface area contributed by atoms with E-state index in [0.29, 0.717) is 27.3 Å². The average molecular weight is 466 g/mol. The van der Waals surface area contributed by atoms with Gasteiger partial charge in [-0.2, -0.15) is 0 Å². The summed E-state index contributed by atoms with van der Waals surface area (Å²) in [6.45, 7) is 7.86. The van der Waals surface area contributed by atoms with E-state index in [1.165, 1.54) is 27.8 Å². The van der Waals surface area contributed by atoms with Crippen molar-refractivity contribution in [1.29, 1.82) is 0 Å². The number of rotatable bonds is 5. The molecule has 0 fully saturated rings. The molecule has 0 bridgehead atoms. The second-order valence-corrected chi connectivity index (χ2v) is 9.27. The molecule has 0 spiro atoms. The summed E-state index contributed by atoms with van der Waals surface area (Å²) in [4.78, 5) is 31.9. The molecule has 2 heterocycles. The second kappa shape index (κ2) is 8.88. The maximum Gasteiger partial charge on any atom is 0.263 e. The van der Waals surface area contributed by atoms with Gasteiger partial charge in [0.15, 0.2) is 0 Å². The zero-order chi connectivity index (χ0) is 23.0. The number of fused-ring (bicyclic) bond motifs is 1. The minimum atomic E-state index is -0.690. The van der Waals surface area contributed by atoms with E-state index in [4.69, 9.17) is 11.6 Å². The van der Waals surface area contributed by atoms with Crippen LogP contribution in [0.4, 0.5) is 5.69 Å². The molecule has 5 nitrogen and oxygen atoms in total. The van der Waals surface area contributed by atoms with Crippen LogP contribution in [-0.2, 0) is 4.79 Å². The Balaban J connectivity index is 1.78. The van der Waals surface area contributed by atoms with E-state index < -0.39 is 6.04 Å². The van der Waals surface area contributed by atoms with Crippen LogP contribution in [0.5, 0.6) is 0 Å². The molecule has 0 radical (unpaired) electrons. The number of aromatic nitrogens is 2. The van der Waals surface area contributed by atoms with Gasteiger partial charge >= 0.3 is 0 Å². The fraction of sp³-hybridized carbons (Fsp3) is 0.240. The Bertz CT molecular complexity index is 1390. The van der Waals surface area contributed by atoms with Crippen molar-refractivity contribution in [2.24, 2.45) is 0 Å². The van der Waals surface area contributed by atoms with Gasteiger partial charge in [-0.1, -0.05) is 48.4 Å². The summed E-state index contributed by atoms with van der Waals surface area (Å²) in [6, 6.07) is 10.8. The summed E-state index contributed by atoms with van der Waals surface area (Å²) in [5.41, 5.74) is 5.45. The zero-order valence-corrected chi connectivity index (χ0v) is 20.0. The van der Waals surface area contributed by atoms with Gasteiger partial charge in [0.1, 0.15) is 10.9 Å². The normalized spacial score (nSPS) is 12.2. The van der Waals surface area contributed by atoms with Crippen LogP contribution >= 0.6 is 22.9 Å². The first-order valence-corrected chi connectivity index (χ1v) is 11.7. The molecule has 4 rings (SSSR count). The van der Waals surface area contributed by atoms with Crippen LogP contribution < -0.4 is 10.9 Å². The predicted octanol–water partition coefficient (Wildman–Crippen LogP) is 6.29. The molecular weight excluding hydrogens is 442 g/mol. The predicted molar refractivity (Wildman–Crippen MR) is 133 cm³/mol. The molecule has 0 saturated heterocycles. The van der Waals surface area contributed by atoms with Crippen LogP contribution in [0.3, 0.4) is 0 Å². The molecule has 4 aromatic rings. The summed E-state index contributed by atoms with van der Waals surface area (Å²) in [5.74, 6) is -0.274. The van der Waals surface area contributed by atoms with Crippen molar-refractivity contribution >= 4 is 44.7 Å².